The third-order valence-electron chi connectivity index (χ3n) is 6.40. The fraction of sp³-hybridized carbons (Fsp3) is 0.323. The average Bonchev–Trinajstić information content (AvgIpc) is 2.96. The summed E-state index contributed by atoms with van der Waals surface area (Å²) in [6, 6.07) is 20.3. The molecule has 41 heavy (non-hydrogen) atoms. The maximum absolute atomic E-state index is 14.1. The van der Waals surface area contributed by atoms with Crippen LogP contribution < -0.4 is 9.64 Å². The van der Waals surface area contributed by atoms with Gasteiger partial charge in [-0.1, -0.05) is 30.3 Å². The summed E-state index contributed by atoms with van der Waals surface area (Å²) in [5.41, 5.74) is 0.210. The maximum atomic E-state index is 14.1. The van der Waals surface area contributed by atoms with Crippen molar-refractivity contribution in [2.75, 3.05) is 37.0 Å². The highest BCUT2D eigenvalue weighted by molar-refractivity contribution is 6.29. The summed E-state index contributed by atoms with van der Waals surface area (Å²) in [5, 5.41) is 0. The van der Waals surface area contributed by atoms with Gasteiger partial charge in [0.25, 0.3) is 5.91 Å². The predicted molar refractivity (Wildman–Crippen MR) is 155 cm³/mol. The van der Waals surface area contributed by atoms with Gasteiger partial charge in [0.05, 0.1) is 0 Å². The molecule has 1 heterocycles. The molecule has 3 amide bonds. The number of amides is 3. The number of hydrogen-bond acceptors (Lipinski definition) is 5. The van der Waals surface area contributed by atoms with Crippen molar-refractivity contribution in [1.29, 1.82) is 0 Å². The Kier molecular flexibility index (Phi) is 9.50. The largest absolute Gasteiger partial charge is 0.457 e. The Morgan fingerprint density at radius 2 is 1.41 bits per heavy atom. The van der Waals surface area contributed by atoms with Crippen LogP contribution in [0.25, 0.3) is 0 Å². The minimum absolute atomic E-state index is 0.239. The standard InChI is InChI=1S/C31H33ClFN3O5/c1-31(2,3)41-30(39)35-19-17-34(18-20-35)29(38)28(22-9-11-23(33)12-10-22)36(27(37)21-32)24-13-15-26(16-14-24)40-25-7-5-4-6-8-25/h4-16,28H,17-21H2,1-3H3. The molecule has 3 aromatic carbocycles. The van der Waals surface area contributed by atoms with Gasteiger partial charge in [-0.05, 0) is 74.9 Å². The maximum Gasteiger partial charge on any atom is 0.410 e. The first-order valence-electron chi connectivity index (χ1n) is 13.3. The van der Waals surface area contributed by atoms with Gasteiger partial charge in [-0.25, -0.2) is 9.18 Å². The topological polar surface area (TPSA) is 79.4 Å². The summed E-state index contributed by atoms with van der Waals surface area (Å²) >= 11 is 6.03. The normalized spacial score (nSPS) is 14.3. The number of hydrogen-bond donors (Lipinski definition) is 0. The van der Waals surface area contributed by atoms with Gasteiger partial charge in [-0.15, -0.1) is 11.6 Å². The number of anilines is 1. The number of rotatable bonds is 7. The van der Waals surface area contributed by atoms with Crippen molar-refractivity contribution in [2.24, 2.45) is 0 Å². The van der Waals surface area contributed by atoms with Crippen molar-refractivity contribution in [1.82, 2.24) is 9.80 Å². The van der Waals surface area contributed by atoms with Crippen molar-refractivity contribution in [3.05, 3.63) is 90.2 Å². The molecule has 1 fully saturated rings. The summed E-state index contributed by atoms with van der Waals surface area (Å²) in [7, 11) is 0. The van der Waals surface area contributed by atoms with Crippen molar-refractivity contribution in [3.63, 3.8) is 0 Å². The summed E-state index contributed by atoms with van der Waals surface area (Å²) in [4.78, 5) is 44.3. The summed E-state index contributed by atoms with van der Waals surface area (Å²) in [6.45, 7) is 6.39. The van der Waals surface area contributed by atoms with Gasteiger partial charge in [0.1, 0.15) is 34.8 Å². The minimum atomic E-state index is -1.11. The Morgan fingerprint density at radius 3 is 1.98 bits per heavy atom. The molecule has 1 unspecified atom stereocenters. The molecule has 0 aromatic heterocycles. The minimum Gasteiger partial charge on any atom is -0.457 e. The third-order valence-corrected chi connectivity index (χ3v) is 6.63. The summed E-state index contributed by atoms with van der Waals surface area (Å²) < 4.78 is 25.2. The quantitative estimate of drug-likeness (QED) is 0.319. The molecule has 1 aliphatic heterocycles. The molecule has 0 bridgehead atoms. The molecule has 0 spiro atoms. The Morgan fingerprint density at radius 1 is 0.854 bits per heavy atom. The van der Waals surface area contributed by atoms with E-state index in [4.69, 9.17) is 21.1 Å². The first-order chi connectivity index (χ1) is 19.6. The highest BCUT2D eigenvalue weighted by Crippen LogP contribution is 2.32. The highest BCUT2D eigenvalue weighted by atomic mass is 35.5. The van der Waals surface area contributed by atoms with E-state index in [-0.39, 0.29) is 38.0 Å². The Labute approximate surface area is 244 Å². The van der Waals surface area contributed by atoms with Crippen molar-refractivity contribution >= 4 is 35.2 Å². The first-order valence-corrected chi connectivity index (χ1v) is 13.8. The molecule has 8 nitrogen and oxygen atoms in total. The van der Waals surface area contributed by atoms with E-state index in [1.165, 1.54) is 29.2 Å². The number of para-hydroxylation sites is 1. The van der Waals surface area contributed by atoms with E-state index in [2.05, 4.69) is 0 Å². The van der Waals surface area contributed by atoms with Crippen LogP contribution in [0.5, 0.6) is 11.5 Å². The van der Waals surface area contributed by atoms with E-state index in [1.54, 1.807) is 54.8 Å². The lowest BCUT2D eigenvalue weighted by Gasteiger charge is -2.39. The third kappa shape index (κ3) is 7.76. The number of alkyl halides is 1. The van der Waals surface area contributed by atoms with Crippen LogP contribution in [-0.4, -0.2) is 65.4 Å². The number of benzene rings is 3. The average molecular weight is 582 g/mol. The smallest absolute Gasteiger partial charge is 0.410 e. The van der Waals surface area contributed by atoms with E-state index in [1.807, 2.05) is 30.3 Å². The van der Waals surface area contributed by atoms with Gasteiger partial charge in [0.15, 0.2) is 0 Å². The van der Waals surface area contributed by atoms with Crippen LogP contribution in [0.15, 0.2) is 78.9 Å². The van der Waals surface area contributed by atoms with Crippen LogP contribution in [0.2, 0.25) is 0 Å². The van der Waals surface area contributed by atoms with Crippen LogP contribution in [0, 0.1) is 5.82 Å². The molecule has 3 aromatic rings. The zero-order valence-corrected chi connectivity index (χ0v) is 24.0. The molecular formula is C31H33ClFN3O5. The van der Waals surface area contributed by atoms with Gasteiger partial charge >= 0.3 is 6.09 Å². The van der Waals surface area contributed by atoms with Crippen molar-refractivity contribution < 1.29 is 28.2 Å². The first kappa shape index (κ1) is 29.9. The zero-order valence-electron chi connectivity index (χ0n) is 23.3. The fourth-order valence-corrected chi connectivity index (χ4v) is 4.59. The lowest BCUT2D eigenvalue weighted by Crippen LogP contribution is -2.54. The number of halogens is 2. The fourth-order valence-electron chi connectivity index (χ4n) is 4.46. The summed E-state index contributed by atoms with van der Waals surface area (Å²) in [6.07, 6.45) is -0.448. The molecule has 0 aliphatic carbocycles. The predicted octanol–water partition coefficient (Wildman–Crippen LogP) is 6.01. The van der Waals surface area contributed by atoms with Crippen LogP contribution in [-0.2, 0) is 14.3 Å². The molecule has 0 N–H and O–H groups in total. The number of nitrogens with zero attached hydrogens (tertiary/aromatic N) is 3. The number of piperazine rings is 1. The molecule has 10 heteroatoms. The van der Waals surface area contributed by atoms with Gasteiger partial charge in [-0.2, -0.15) is 0 Å². The SMILES string of the molecule is CC(C)(C)OC(=O)N1CCN(C(=O)C(c2ccc(F)cc2)N(C(=O)CCl)c2ccc(Oc3ccccc3)cc2)CC1. The highest BCUT2D eigenvalue weighted by Gasteiger charge is 2.37. The van der Waals surface area contributed by atoms with Gasteiger partial charge in [0.2, 0.25) is 5.91 Å². The Hall–Kier alpha value is -4.11. The molecule has 1 aliphatic rings. The van der Waals surface area contributed by atoms with E-state index in [0.29, 0.717) is 22.7 Å². The van der Waals surface area contributed by atoms with Crippen LogP contribution >= 0.6 is 11.6 Å². The number of carbonyl (C=O) groups is 3. The number of carbonyl (C=O) groups excluding carboxylic acids is 3. The molecule has 1 saturated heterocycles. The molecule has 216 valence electrons. The second kappa shape index (κ2) is 13.0. The Balaban J connectivity index is 1.61. The number of ether oxygens (including phenoxy) is 2. The van der Waals surface area contributed by atoms with E-state index in [0.717, 1.165) is 0 Å². The van der Waals surface area contributed by atoms with Gasteiger partial charge < -0.3 is 19.3 Å². The Bertz CT molecular complexity index is 1340. The second-order valence-electron chi connectivity index (χ2n) is 10.6. The van der Waals surface area contributed by atoms with Gasteiger partial charge in [0, 0.05) is 31.9 Å². The van der Waals surface area contributed by atoms with Crippen molar-refractivity contribution in [2.45, 2.75) is 32.4 Å². The lowest BCUT2D eigenvalue weighted by atomic mass is 10.0. The van der Waals surface area contributed by atoms with E-state index >= 15 is 0 Å². The molecule has 0 saturated carbocycles. The zero-order chi connectivity index (χ0) is 29.6. The lowest BCUT2D eigenvalue weighted by molar-refractivity contribution is -0.136. The molecular weight excluding hydrogens is 549 g/mol. The van der Waals surface area contributed by atoms with Crippen LogP contribution in [0.1, 0.15) is 32.4 Å². The second-order valence-corrected chi connectivity index (χ2v) is 10.8. The van der Waals surface area contributed by atoms with Gasteiger partial charge in [-0.3, -0.25) is 14.5 Å². The monoisotopic (exact) mass is 581 g/mol. The molecule has 0 radical (unpaired) electrons. The van der Waals surface area contributed by atoms with E-state index < -0.39 is 29.5 Å². The molecule has 4 rings (SSSR count). The van der Waals surface area contributed by atoms with E-state index in [9.17, 15) is 18.8 Å². The van der Waals surface area contributed by atoms with Crippen LogP contribution in [0.4, 0.5) is 14.9 Å². The van der Waals surface area contributed by atoms with Crippen molar-refractivity contribution in [3.8, 4) is 11.5 Å². The summed E-state index contributed by atoms with van der Waals surface area (Å²) in [5.74, 6) is -0.523. The molecule has 1 atom stereocenters. The van der Waals surface area contributed by atoms with Crippen LogP contribution in [0.3, 0.4) is 0 Å².